The molecule has 5 rings (SSSR count). The number of thiazole rings is 1. The van der Waals surface area contributed by atoms with Crippen molar-refractivity contribution >= 4 is 69.3 Å². The van der Waals surface area contributed by atoms with E-state index < -0.39 is 17.1 Å². The standard InChI is InChI=1S/C37H33ClN4O6S2/c1-22(34(43)42-37-41-30(21-49-37)27-12-8-9-13-28(27)38)50-26-16-14-25(15-17-26)39-36(45)29(40-35(44)23-10-6-5-7-11-23)18-24-19-32(47-3)33(48-4)20-31(24)46-2/h5-22H,1-4H3,(H,39,45)(H,40,44)(H,41,42,43)/b29-18-. The van der Waals surface area contributed by atoms with E-state index in [4.69, 9.17) is 25.8 Å². The highest BCUT2D eigenvalue weighted by atomic mass is 35.5. The molecule has 1 unspecified atom stereocenters. The number of nitrogens with zero attached hydrogens (tertiary/aromatic N) is 1. The van der Waals surface area contributed by atoms with Crippen LogP contribution in [-0.4, -0.2) is 49.3 Å². The number of anilines is 2. The second kappa shape index (κ2) is 16.9. The van der Waals surface area contributed by atoms with E-state index in [1.807, 2.05) is 23.6 Å². The number of ether oxygens (including phenoxy) is 3. The summed E-state index contributed by atoms with van der Waals surface area (Å²) in [4.78, 5) is 45.1. The van der Waals surface area contributed by atoms with Gasteiger partial charge < -0.3 is 30.2 Å². The lowest BCUT2D eigenvalue weighted by Gasteiger charge is -2.15. The maximum absolute atomic E-state index is 13.6. The molecule has 1 heterocycles. The molecule has 0 spiro atoms. The number of methoxy groups -OCH3 is 3. The van der Waals surface area contributed by atoms with Crippen molar-refractivity contribution < 1.29 is 28.6 Å². The zero-order chi connectivity index (χ0) is 35.6. The number of hydrogen-bond acceptors (Lipinski definition) is 9. The summed E-state index contributed by atoms with van der Waals surface area (Å²) in [5.74, 6) is 0.0102. The smallest absolute Gasteiger partial charge is 0.272 e. The maximum Gasteiger partial charge on any atom is 0.272 e. The van der Waals surface area contributed by atoms with Crippen molar-refractivity contribution in [1.82, 2.24) is 10.3 Å². The van der Waals surface area contributed by atoms with E-state index in [0.29, 0.717) is 49.9 Å². The summed E-state index contributed by atoms with van der Waals surface area (Å²) < 4.78 is 16.3. The highest BCUT2D eigenvalue weighted by Crippen LogP contribution is 2.36. The molecule has 1 atom stereocenters. The quantitative estimate of drug-likeness (QED) is 0.0822. The minimum Gasteiger partial charge on any atom is -0.496 e. The van der Waals surface area contributed by atoms with Crippen LogP contribution in [0.1, 0.15) is 22.8 Å². The molecule has 13 heteroatoms. The van der Waals surface area contributed by atoms with Crippen LogP contribution < -0.4 is 30.2 Å². The van der Waals surface area contributed by atoms with E-state index in [0.717, 1.165) is 10.5 Å². The molecule has 1 aromatic heterocycles. The molecule has 3 N–H and O–H groups in total. The van der Waals surface area contributed by atoms with Gasteiger partial charge in [0.15, 0.2) is 16.6 Å². The first kappa shape index (κ1) is 36.0. The van der Waals surface area contributed by atoms with E-state index in [1.54, 1.807) is 79.7 Å². The predicted octanol–water partition coefficient (Wildman–Crippen LogP) is 8.02. The van der Waals surface area contributed by atoms with Gasteiger partial charge in [-0.3, -0.25) is 14.4 Å². The highest BCUT2D eigenvalue weighted by molar-refractivity contribution is 8.00. The number of rotatable bonds is 13. The Morgan fingerprint density at radius 2 is 1.50 bits per heavy atom. The van der Waals surface area contributed by atoms with Crippen LogP contribution >= 0.6 is 34.7 Å². The number of hydrogen-bond donors (Lipinski definition) is 3. The lowest BCUT2D eigenvalue weighted by Crippen LogP contribution is -2.30. The van der Waals surface area contributed by atoms with Crippen LogP contribution in [-0.2, 0) is 9.59 Å². The molecule has 0 bridgehead atoms. The number of carbonyl (C=O) groups excluding carboxylic acids is 3. The third-order valence-corrected chi connectivity index (χ3v) is 9.44. The van der Waals surface area contributed by atoms with Crippen LogP contribution in [0.25, 0.3) is 17.3 Å². The number of aromatic nitrogens is 1. The van der Waals surface area contributed by atoms with Gasteiger partial charge in [0.1, 0.15) is 11.4 Å². The molecule has 0 aliphatic rings. The van der Waals surface area contributed by atoms with E-state index in [9.17, 15) is 14.4 Å². The Labute approximate surface area is 302 Å². The van der Waals surface area contributed by atoms with Crippen molar-refractivity contribution in [2.45, 2.75) is 17.1 Å². The molecular weight excluding hydrogens is 696 g/mol. The van der Waals surface area contributed by atoms with Gasteiger partial charge in [0.2, 0.25) is 5.91 Å². The normalized spacial score (nSPS) is 11.7. The average Bonchev–Trinajstić information content (AvgIpc) is 3.60. The summed E-state index contributed by atoms with van der Waals surface area (Å²) in [7, 11) is 4.49. The first-order valence-corrected chi connectivity index (χ1v) is 17.3. The summed E-state index contributed by atoms with van der Waals surface area (Å²) in [6.07, 6.45) is 1.50. The second-order valence-electron chi connectivity index (χ2n) is 10.6. The first-order chi connectivity index (χ1) is 24.2. The van der Waals surface area contributed by atoms with Crippen LogP contribution in [0.2, 0.25) is 5.02 Å². The number of halogens is 1. The zero-order valence-electron chi connectivity index (χ0n) is 27.5. The third kappa shape index (κ3) is 9.03. The van der Waals surface area contributed by atoms with Crippen molar-refractivity contribution in [3.63, 3.8) is 0 Å². The van der Waals surface area contributed by atoms with Crippen LogP contribution in [0.5, 0.6) is 17.2 Å². The number of benzene rings is 4. The summed E-state index contributed by atoms with van der Waals surface area (Å²) in [5, 5.41) is 10.9. The van der Waals surface area contributed by atoms with Crippen LogP contribution in [0.4, 0.5) is 10.8 Å². The van der Waals surface area contributed by atoms with Gasteiger partial charge in [0.05, 0.1) is 32.3 Å². The van der Waals surface area contributed by atoms with E-state index in [-0.39, 0.29) is 11.6 Å². The lowest BCUT2D eigenvalue weighted by molar-refractivity contribution is -0.115. The maximum atomic E-state index is 13.6. The van der Waals surface area contributed by atoms with Gasteiger partial charge >= 0.3 is 0 Å². The lowest BCUT2D eigenvalue weighted by atomic mass is 10.1. The van der Waals surface area contributed by atoms with E-state index >= 15 is 0 Å². The fourth-order valence-electron chi connectivity index (χ4n) is 4.67. The molecule has 0 aliphatic carbocycles. The molecule has 0 aliphatic heterocycles. The fraction of sp³-hybridized carbons (Fsp3) is 0.135. The molecule has 0 radical (unpaired) electrons. The Morgan fingerprint density at radius 3 is 2.18 bits per heavy atom. The van der Waals surface area contributed by atoms with Crippen molar-refractivity contribution in [2.24, 2.45) is 0 Å². The zero-order valence-corrected chi connectivity index (χ0v) is 29.9. The molecule has 3 amide bonds. The van der Waals surface area contributed by atoms with Gasteiger partial charge in [-0.2, -0.15) is 0 Å². The van der Waals surface area contributed by atoms with E-state index in [2.05, 4.69) is 20.9 Å². The Morgan fingerprint density at radius 1 is 0.840 bits per heavy atom. The Bertz CT molecular complexity index is 2020. The van der Waals surface area contributed by atoms with Gasteiger partial charge in [-0.05, 0) is 61.5 Å². The Hall–Kier alpha value is -5.30. The monoisotopic (exact) mass is 728 g/mol. The minimum atomic E-state index is -0.570. The molecule has 0 saturated heterocycles. The number of carbonyl (C=O) groups is 3. The highest BCUT2D eigenvalue weighted by Gasteiger charge is 2.20. The Kier molecular flexibility index (Phi) is 12.2. The molecule has 0 saturated carbocycles. The van der Waals surface area contributed by atoms with Crippen molar-refractivity contribution in [2.75, 3.05) is 32.0 Å². The molecule has 50 heavy (non-hydrogen) atoms. The van der Waals surface area contributed by atoms with Gasteiger partial charge in [-0.15, -0.1) is 23.1 Å². The van der Waals surface area contributed by atoms with Crippen molar-refractivity contribution in [1.29, 1.82) is 0 Å². The predicted molar refractivity (Wildman–Crippen MR) is 200 cm³/mol. The van der Waals surface area contributed by atoms with Crippen molar-refractivity contribution in [3.8, 4) is 28.5 Å². The molecule has 10 nitrogen and oxygen atoms in total. The third-order valence-electron chi connectivity index (χ3n) is 7.24. The molecule has 5 aromatic rings. The molecule has 0 fully saturated rings. The summed E-state index contributed by atoms with van der Waals surface area (Å²) >= 11 is 8.97. The largest absolute Gasteiger partial charge is 0.496 e. The Balaban J connectivity index is 1.28. The van der Waals surface area contributed by atoms with Gasteiger partial charge in [0.25, 0.3) is 11.8 Å². The molecule has 256 valence electrons. The van der Waals surface area contributed by atoms with E-state index in [1.165, 1.54) is 50.5 Å². The van der Waals surface area contributed by atoms with Gasteiger partial charge in [-0.25, -0.2) is 4.98 Å². The molecule has 4 aromatic carbocycles. The SMILES string of the molecule is COc1cc(OC)c(OC)cc1/C=C(\NC(=O)c1ccccc1)C(=O)Nc1ccc(SC(C)C(=O)Nc2nc(-c3ccccc3Cl)cs2)cc1. The fourth-order valence-corrected chi connectivity index (χ4v) is 6.48. The van der Waals surface area contributed by atoms with Crippen LogP contribution in [0.3, 0.4) is 0 Å². The topological polar surface area (TPSA) is 128 Å². The number of thioether (sulfide) groups is 1. The summed E-state index contributed by atoms with van der Waals surface area (Å²) in [6, 6.07) is 26.3. The van der Waals surface area contributed by atoms with Gasteiger partial charge in [0, 0.05) is 43.7 Å². The average molecular weight is 729 g/mol. The summed E-state index contributed by atoms with van der Waals surface area (Å²) in [5.41, 5.74) is 2.77. The van der Waals surface area contributed by atoms with Crippen molar-refractivity contribution in [3.05, 3.63) is 118 Å². The second-order valence-corrected chi connectivity index (χ2v) is 13.3. The molecular formula is C37H33ClN4O6S2. The van der Waals surface area contributed by atoms with Crippen LogP contribution in [0.15, 0.2) is 107 Å². The number of nitrogens with one attached hydrogen (secondary N) is 3. The number of amides is 3. The van der Waals surface area contributed by atoms with Gasteiger partial charge in [-0.1, -0.05) is 48.0 Å². The minimum absolute atomic E-state index is 0.0343. The summed E-state index contributed by atoms with van der Waals surface area (Å²) in [6.45, 7) is 1.80. The van der Waals surface area contributed by atoms with Crippen LogP contribution in [0, 0.1) is 0 Å². The first-order valence-electron chi connectivity index (χ1n) is 15.2.